The van der Waals surface area contributed by atoms with Crippen LogP contribution >= 0.6 is 34.8 Å². The van der Waals surface area contributed by atoms with Crippen molar-refractivity contribution in [3.63, 3.8) is 0 Å². The van der Waals surface area contributed by atoms with Crippen molar-refractivity contribution in [3.05, 3.63) is 85.2 Å². The van der Waals surface area contributed by atoms with Gasteiger partial charge in [-0.2, -0.15) is 9.78 Å². The Labute approximate surface area is 184 Å². The minimum atomic E-state index is -0.503. The van der Waals surface area contributed by atoms with Crippen LogP contribution in [-0.2, 0) is 17.9 Å². The molecule has 0 aliphatic heterocycles. The van der Waals surface area contributed by atoms with E-state index in [-0.39, 0.29) is 10.0 Å². The number of ether oxygens (including phenoxy) is 1. The highest BCUT2D eigenvalue weighted by Crippen LogP contribution is 2.26. The summed E-state index contributed by atoms with van der Waals surface area (Å²) in [6.45, 7) is 3.98. The Morgan fingerprint density at radius 2 is 1.83 bits per heavy atom. The molecule has 1 N–H and O–H groups in total. The van der Waals surface area contributed by atoms with E-state index in [2.05, 4.69) is 29.5 Å². The van der Waals surface area contributed by atoms with Gasteiger partial charge in [0.25, 0.3) is 5.56 Å². The largest absolute Gasteiger partial charge is 0.380 e. The number of anilines is 1. The van der Waals surface area contributed by atoms with Crippen molar-refractivity contribution in [3.8, 4) is 5.69 Å². The summed E-state index contributed by atoms with van der Waals surface area (Å²) < 4.78 is 6.82. The van der Waals surface area contributed by atoms with Crippen LogP contribution in [0.1, 0.15) is 24.5 Å². The fraction of sp³-hybridized carbons (Fsp3) is 0.238. The van der Waals surface area contributed by atoms with E-state index in [1.807, 2.05) is 12.1 Å². The van der Waals surface area contributed by atoms with Gasteiger partial charge in [0.1, 0.15) is 5.02 Å². The van der Waals surface area contributed by atoms with Crippen LogP contribution in [0.4, 0.5) is 5.69 Å². The van der Waals surface area contributed by atoms with Crippen molar-refractivity contribution in [1.82, 2.24) is 9.78 Å². The summed E-state index contributed by atoms with van der Waals surface area (Å²) in [7, 11) is 0. The van der Waals surface area contributed by atoms with Gasteiger partial charge in [0.15, 0.2) is 0 Å². The van der Waals surface area contributed by atoms with E-state index in [1.165, 1.54) is 6.20 Å². The zero-order valence-electron chi connectivity index (χ0n) is 15.8. The first-order valence-corrected chi connectivity index (χ1v) is 10.3. The van der Waals surface area contributed by atoms with E-state index in [0.29, 0.717) is 23.9 Å². The van der Waals surface area contributed by atoms with E-state index < -0.39 is 5.56 Å². The molecule has 3 aromatic rings. The number of hydrogen-bond donors (Lipinski definition) is 1. The van der Waals surface area contributed by atoms with Crippen LogP contribution in [0.15, 0.2) is 53.5 Å². The summed E-state index contributed by atoms with van der Waals surface area (Å²) in [4.78, 5) is 12.3. The molecule has 29 heavy (non-hydrogen) atoms. The molecule has 0 radical (unpaired) electrons. The van der Waals surface area contributed by atoms with Gasteiger partial charge in [-0.3, -0.25) is 4.79 Å². The highest BCUT2D eigenvalue weighted by atomic mass is 35.5. The third-order valence-corrected chi connectivity index (χ3v) is 5.33. The molecule has 1 aromatic heterocycles. The molecule has 152 valence electrons. The van der Waals surface area contributed by atoms with Crippen molar-refractivity contribution < 1.29 is 4.74 Å². The Hall–Kier alpha value is -2.05. The lowest BCUT2D eigenvalue weighted by atomic mass is 10.1. The van der Waals surface area contributed by atoms with Crippen LogP contribution < -0.4 is 10.9 Å². The zero-order chi connectivity index (χ0) is 20.8. The molecule has 0 unspecified atom stereocenters. The Morgan fingerprint density at radius 3 is 2.55 bits per heavy atom. The third-order valence-electron chi connectivity index (χ3n) is 4.27. The first-order chi connectivity index (χ1) is 14.0. The Bertz CT molecular complexity index is 1050. The molecule has 0 fully saturated rings. The number of nitrogens with zero attached hydrogens (tertiary/aromatic N) is 2. The Morgan fingerprint density at radius 1 is 1.07 bits per heavy atom. The summed E-state index contributed by atoms with van der Waals surface area (Å²) in [5, 5.41) is 7.84. The topological polar surface area (TPSA) is 56.1 Å². The van der Waals surface area contributed by atoms with E-state index >= 15 is 0 Å². The van der Waals surface area contributed by atoms with Crippen molar-refractivity contribution in [1.29, 1.82) is 0 Å². The third kappa shape index (κ3) is 5.31. The Balaban J connectivity index is 1.76. The second kappa shape index (κ2) is 10.1. The lowest BCUT2D eigenvalue weighted by molar-refractivity contribution is 0.121. The van der Waals surface area contributed by atoms with Crippen molar-refractivity contribution in [2.24, 2.45) is 0 Å². The van der Waals surface area contributed by atoms with Gasteiger partial charge in [-0.05, 0) is 35.7 Å². The number of halogens is 3. The summed E-state index contributed by atoms with van der Waals surface area (Å²) in [6, 6.07) is 13.3. The minimum Gasteiger partial charge on any atom is -0.380 e. The second-order valence-corrected chi connectivity index (χ2v) is 7.55. The van der Waals surface area contributed by atoms with Gasteiger partial charge in [0.2, 0.25) is 0 Å². The van der Waals surface area contributed by atoms with Crippen LogP contribution in [0, 0.1) is 0 Å². The summed E-state index contributed by atoms with van der Waals surface area (Å²) in [5.74, 6) is 0. The summed E-state index contributed by atoms with van der Waals surface area (Å²) in [6.07, 6.45) is 2.31. The SMILES string of the molecule is CCCOCc1ccccc1CNc1ccc(-n2ncc(Cl)c(Cl)c2=O)cc1Cl. The monoisotopic (exact) mass is 451 g/mol. The zero-order valence-corrected chi connectivity index (χ0v) is 18.1. The summed E-state index contributed by atoms with van der Waals surface area (Å²) >= 11 is 18.2. The van der Waals surface area contributed by atoms with Gasteiger partial charge in [0, 0.05) is 13.2 Å². The van der Waals surface area contributed by atoms with Crippen LogP contribution in [0.25, 0.3) is 5.69 Å². The van der Waals surface area contributed by atoms with E-state index in [0.717, 1.165) is 34.5 Å². The number of nitrogens with one attached hydrogen (secondary N) is 1. The van der Waals surface area contributed by atoms with E-state index in [4.69, 9.17) is 39.5 Å². The van der Waals surface area contributed by atoms with Gasteiger partial charge in [-0.1, -0.05) is 66.0 Å². The lowest BCUT2D eigenvalue weighted by Gasteiger charge is -2.14. The molecule has 0 aliphatic rings. The average molecular weight is 453 g/mol. The molecule has 0 amide bonds. The number of benzene rings is 2. The molecule has 3 rings (SSSR count). The number of aromatic nitrogens is 2. The van der Waals surface area contributed by atoms with Gasteiger partial charge in [-0.15, -0.1) is 0 Å². The van der Waals surface area contributed by atoms with E-state index in [1.54, 1.807) is 18.2 Å². The first kappa shape index (κ1) is 21.7. The quantitative estimate of drug-likeness (QED) is 0.443. The van der Waals surface area contributed by atoms with Crippen LogP contribution in [0.2, 0.25) is 15.1 Å². The molecule has 0 saturated carbocycles. The fourth-order valence-electron chi connectivity index (χ4n) is 2.76. The maximum atomic E-state index is 12.3. The predicted octanol–water partition coefficient (Wildman–Crippen LogP) is 5.73. The highest BCUT2D eigenvalue weighted by molar-refractivity contribution is 6.41. The molecular formula is C21H20Cl3N3O2. The van der Waals surface area contributed by atoms with Crippen molar-refractivity contribution in [2.75, 3.05) is 11.9 Å². The van der Waals surface area contributed by atoms with Crippen LogP contribution in [-0.4, -0.2) is 16.4 Å². The molecule has 0 saturated heterocycles. The normalized spacial score (nSPS) is 10.9. The number of rotatable bonds is 8. The van der Waals surface area contributed by atoms with Gasteiger partial charge in [-0.25, -0.2) is 0 Å². The smallest absolute Gasteiger partial charge is 0.291 e. The van der Waals surface area contributed by atoms with Gasteiger partial charge < -0.3 is 10.1 Å². The van der Waals surface area contributed by atoms with E-state index in [9.17, 15) is 4.79 Å². The van der Waals surface area contributed by atoms with Crippen LogP contribution in [0.5, 0.6) is 0 Å². The molecule has 0 atom stereocenters. The second-order valence-electron chi connectivity index (χ2n) is 6.36. The molecule has 0 bridgehead atoms. The molecule has 1 heterocycles. The molecule has 8 heteroatoms. The lowest BCUT2D eigenvalue weighted by Crippen LogP contribution is -2.21. The highest BCUT2D eigenvalue weighted by Gasteiger charge is 2.11. The Kier molecular flexibility index (Phi) is 7.56. The fourth-order valence-corrected chi connectivity index (χ4v) is 3.26. The molecular weight excluding hydrogens is 433 g/mol. The molecule has 0 spiro atoms. The summed E-state index contributed by atoms with van der Waals surface area (Å²) in [5.41, 5.74) is 3.00. The standard InChI is InChI=1S/C21H20Cl3N3O2/c1-2-9-29-13-15-6-4-3-5-14(15)11-25-19-8-7-16(10-17(19)22)27-21(28)20(24)18(23)12-26-27/h3-8,10,12,25H,2,9,11,13H2,1H3. The minimum absolute atomic E-state index is 0.0816. The van der Waals surface area contributed by atoms with Gasteiger partial charge in [0.05, 0.1) is 34.2 Å². The molecule has 0 aliphatic carbocycles. The van der Waals surface area contributed by atoms with Crippen molar-refractivity contribution in [2.45, 2.75) is 26.5 Å². The van der Waals surface area contributed by atoms with Crippen LogP contribution in [0.3, 0.4) is 0 Å². The molecule has 5 nitrogen and oxygen atoms in total. The average Bonchev–Trinajstić information content (AvgIpc) is 2.72. The predicted molar refractivity (Wildman–Crippen MR) is 119 cm³/mol. The van der Waals surface area contributed by atoms with Crippen molar-refractivity contribution >= 4 is 40.5 Å². The maximum Gasteiger partial charge on any atom is 0.291 e. The maximum absolute atomic E-state index is 12.3. The van der Waals surface area contributed by atoms with Gasteiger partial charge >= 0.3 is 0 Å². The first-order valence-electron chi connectivity index (χ1n) is 9.13. The number of hydrogen-bond acceptors (Lipinski definition) is 4. The molecule has 2 aromatic carbocycles.